The van der Waals surface area contributed by atoms with Gasteiger partial charge in [-0.1, -0.05) is 34.4 Å². The summed E-state index contributed by atoms with van der Waals surface area (Å²) in [5.74, 6) is 7.17. The zero-order chi connectivity index (χ0) is 28.5. The molecule has 0 aromatic heterocycles. The third-order valence-corrected chi connectivity index (χ3v) is 3.27. The number of benzene rings is 2. The van der Waals surface area contributed by atoms with Crippen LogP contribution in [0.2, 0.25) is 0 Å². The predicted molar refractivity (Wildman–Crippen MR) is 129 cm³/mol. The lowest BCUT2D eigenvalue weighted by atomic mass is 10.2. The van der Waals surface area contributed by atoms with E-state index in [1.165, 1.54) is 36.8 Å². The van der Waals surface area contributed by atoms with E-state index in [-0.39, 0.29) is 19.2 Å². The van der Waals surface area contributed by atoms with Crippen LogP contribution in [0.15, 0.2) is 48.5 Å². The molecular formula is C24H25IO6. The molecule has 0 N–H and O–H groups in total. The van der Waals surface area contributed by atoms with Gasteiger partial charge in [-0.05, 0) is 60.2 Å². The Morgan fingerprint density at radius 2 is 1.32 bits per heavy atom. The first-order valence-corrected chi connectivity index (χ1v) is 9.52. The summed E-state index contributed by atoms with van der Waals surface area (Å²) in [6.45, 7) is -2.06. The molecule has 0 bridgehead atoms. The van der Waals surface area contributed by atoms with Gasteiger partial charge in [0, 0.05) is 8.22 Å². The van der Waals surface area contributed by atoms with Crippen molar-refractivity contribution in [1.82, 2.24) is 0 Å². The standard InChI is InChI=1S/C12H12O3.C11H10O3.CH3I/c1-3-4-9-15-11-7-5-10(6-8-11)12(13)14-2;1-3-8-14-10-6-4-9(5-7-10)11(12)13-2;1-2/h5-8H,9H2,1-2H3;1,4-7H,8H2,2H3;1H3/i1D3;;1D3. The van der Waals surface area contributed by atoms with E-state index in [9.17, 15) is 9.59 Å². The summed E-state index contributed by atoms with van der Waals surface area (Å²) < 4.78 is 58.8. The van der Waals surface area contributed by atoms with E-state index in [1.54, 1.807) is 48.5 Å². The number of hydrogen-bond donors (Lipinski definition) is 0. The third kappa shape index (κ3) is 11.6. The molecule has 2 aromatic rings. The molecule has 0 amide bonds. The van der Waals surface area contributed by atoms with E-state index in [0.29, 0.717) is 22.6 Å². The fraction of sp³-hybridized carbons (Fsp3) is 0.250. The number of esters is 2. The molecule has 0 radical (unpaired) electrons. The van der Waals surface area contributed by atoms with Gasteiger partial charge < -0.3 is 18.9 Å². The van der Waals surface area contributed by atoms with Crippen LogP contribution < -0.4 is 9.47 Å². The number of halogens is 1. The fourth-order valence-electron chi connectivity index (χ4n) is 1.89. The highest BCUT2D eigenvalue weighted by molar-refractivity contribution is 14.1. The summed E-state index contributed by atoms with van der Waals surface area (Å²) in [5, 5.41) is 0. The first-order chi connectivity index (χ1) is 17.2. The molecule has 0 spiro atoms. The van der Waals surface area contributed by atoms with Gasteiger partial charge in [-0.15, -0.1) is 12.3 Å². The van der Waals surface area contributed by atoms with Crippen molar-refractivity contribution >= 4 is 34.5 Å². The first-order valence-electron chi connectivity index (χ1n) is 11.4. The lowest BCUT2D eigenvalue weighted by Gasteiger charge is -2.02. The predicted octanol–water partition coefficient (Wildman–Crippen LogP) is 4.41. The second-order valence-corrected chi connectivity index (χ2v) is 5.12. The summed E-state index contributed by atoms with van der Waals surface area (Å²) in [5.41, 5.74) is 0.902. The zero-order valence-corrected chi connectivity index (χ0v) is 19.1. The van der Waals surface area contributed by atoms with E-state index in [0.717, 1.165) is 0 Å². The molecule has 0 heterocycles. The van der Waals surface area contributed by atoms with Crippen LogP contribution in [0.4, 0.5) is 0 Å². The average Bonchev–Trinajstić information content (AvgIpc) is 2.84. The number of hydrogen-bond acceptors (Lipinski definition) is 6. The third-order valence-electron chi connectivity index (χ3n) is 3.27. The van der Waals surface area contributed by atoms with Crippen LogP contribution in [0.3, 0.4) is 0 Å². The summed E-state index contributed by atoms with van der Waals surface area (Å²) in [7, 11) is 2.64. The van der Waals surface area contributed by atoms with Gasteiger partial charge in [-0.25, -0.2) is 9.59 Å². The lowest BCUT2D eigenvalue weighted by Crippen LogP contribution is -2.01. The number of carbonyl (C=O) groups is 2. The molecule has 0 aliphatic carbocycles. The Bertz CT molecular complexity index is 1070. The Labute approximate surface area is 205 Å². The van der Waals surface area contributed by atoms with Crippen LogP contribution >= 0.6 is 22.6 Å². The smallest absolute Gasteiger partial charge is 0.337 e. The van der Waals surface area contributed by atoms with Gasteiger partial charge in [0.05, 0.1) is 25.3 Å². The number of alkyl halides is 1. The largest absolute Gasteiger partial charge is 0.481 e. The highest BCUT2D eigenvalue weighted by atomic mass is 127. The second-order valence-electron chi connectivity index (χ2n) is 5.12. The van der Waals surface area contributed by atoms with Gasteiger partial charge in [0.1, 0.15) is 24.7 Å². The van der Waals surface area contributed by atoms with Crippen molar-refractivity contribution < 1.29 is 36.8 Å². The molecule has 0 atom stereocenters. The Morgan fingerprint density at radius 1 is 0.903 bits per heavy atom. The molecule has 6 nitrogen and oxygen atoms in total. The monoisotopic (exact) mass is 542 g/mol. The molecule has 164 valence electrons. The minimum absolute atomic E-state index is 0.0179. The minimum Gasteiger partial charge on any atom is -0.481 e. The van der Waals surface area contributed by atoms with Crippen LogP contribution in [-0.4, -0.2) is 44.2 Å². The first kappa shape index (κ1) is 18.6. The van der Waals surface area contributed by atoms with Crippen molar-refractivity contribution in [1.29, 1.82) is 0 Å². The molecular weight excluding hydrogens is 511 g/mol. The van der Waals surface area contributed by atoms with Crippen molar-refractivity contribution in [3.63, 3.8) is 0 Å². The minimum atomic E-state index is -2.27. The Morgan fingerprint density at radius 3 is 1.68 bits per heavy atom. The summed E-state index contributed by atoms with van der Waals surface area (Å²) in [6.07, 6.45) is 5.03. The molecule has 0 saturated carbocycles. The van der Waals surface area contributed by atoms with Crippen molar-refractivity contribution in [3.05, 3.63) is 59.7 Å². The number of ether oxygens (including phenoxy) is 4. The molecule has 7 heteroatoms. The molecule has 0 aliphatic rings. The van der Waals surface area contributed by atoms with Gasteiger partial charge in [0.25, 0.3) is 0 Å². The molecule has 31 heavy (non-hydrogen) atoms. The lowest BCUT2D eigenvalue weighted by molar-refractivity contribution is 0.0592. The topological polar surface area (TPSA) is 71.1 Å². The molecule has 0 aliphatic heterocycles. The van der Waals surface area contributed by atoms with Gasteiger partial charge in [-0.2, -0.15) is 0 Å². The Kier molecular flexibility index (Phi) is 10.6. The van der Waals surface area contributed by atoms with Crippen LogP contribution in [-0.2, 0) is 9.47 Å². The summed E-state index contributed by atoms with van der Waals surface area (Å²) >= 11 is 1.38. The van der Waals surface area contributed by atoms with Crippen molar-refractivity contribution in [2.75, 3.05) is 32.3 Å². The van der Waals surface area contributed by atoms with Crippen LogP contribution in [0.1, 0.15) is 35.8 Å². The normalized spacial score (nSPS) is 12.1. The molecule has 2 rings (SSSR count). The van der Waals surface area contributed by atoms with E-state index in [2.05, 4.69) is 27.2 Å². The van der Waals surface area contributed by atoms with Gasteiger partial charge in [0.2, 0.25) is 0 Å². The van der Waals surface area contributed by atoms with Gasteiger partial charge in [0.15, 0.2) is 0 Å². The van der Waals surface area contributed by atoms with Gasteiger partial charge in [-0.3, -0.25) is 0 Å². The highest BCUT2D eigenvalue weighted by Gasteiger charge is 2.04. The van der Waals surface area contributed by atoms with Crippen LogP contribution in [0, 0.1) is 24.2 Å². The highest BCUT2D eigenvalue weighted by Crippen LogP contribution is 2.13. The number of rotatable bonds is 6. The van der Waals surface area contributed by atoms with E-state index in [4.69, 9.17) is 24.1 Å². The van der Waals surface area contributed by atoms with E-state index in [1.807, 2.05) is 0 Å². The number of carbonyl (C=O) groups excluding carboxylic acids is 2. The van der Waals surface area contributed by atoms with Gasteiger partial charge >= 0.3 is 11.9 Å². The number of terminal acetylenes is 1. The van der Waals surface area contributed by atoms with E-state index < -0.39 is 17.7 Å². The molecule has 2 aromatic carbocycles. The van der Waals surface area contributed by atoms with E-state index >= 15 is 0 Å². The maximum absolute atomic E-state index is 11.1. The number of methoxy groups -OCH3 is 2. The zero-order valence-electron chi connectivity index (χ0n) is 22.9. The quantitative estimate of drug-likeness (QED) is 0.233. The summed E-state index contributed by atoms with van der Waals surface area (Å²) in [4.78, 5) is 20.4. The maximum Gasteiger partial charge on any atom is 0.337 e. The van der Waals surface area contributed by atoms with Crippen LogP contribution in [0.5, 0.6) is 11.5 Å². The maximum atomic E-state index is 11.1. The fourth-order valence-corrected chi connectivity index (χ4v) is 1.89. The average molecular weight is 542 g/mol. The van der Waals surface area contributed by atoms with Crippen LogP contribution in [0.25, 0.3) is 0 Å². The second kappa shape index (κ2) is 17.7. The SMILES string of the molecule is C#CCOc1ccc(C(=O)OC)cc1.[2H]C([2H])([2H])C#CCOc1ccc(C(=O)OC)cc1.[2H]C([2H])([2H])I. The molecule has 0 unspecified atom stereocenters. The Hall–Kier alpha value is -3.17. The van der Waals surface area contributed by atoms with Crippen molar-refractivity contribution in [2.24, 2.45) is 0 Å². The molecule has 0 fully saturated rings. The molecule has 0 saturated heterocycles. The Balaban J connectivity index is 0.000000605. The summed E-state index contributed by atoms with van der Waals surface area (Å²) in [6, 6.07) is 12.9. The van der Waals surface area contributed by atoms with Crippen molar-refractivity contribution in [3.8, 4) is 35.7 Å². The van der Waals surface area contributed by atoms with Crippen molar-refractivity contribution in [2.45, 2.75) is 6.85 Å².